The minimum Gasteiger partial charge on any atom is -0.381 e. The average Bonchev–Trinajstić information content (AvgIpc) is 3.81. The number of aromatic nitrogens is 2. The minimum atomic E-state index is -0.656. The number of nitrogens with one attached hydrogen (secondary N) is 1. The third-order valence-corrected chi connectivity index (χ3v) is 13.6. The summed E-state index contributed by atoms with van der Waals surface area (Å²) in [5.74, 6) is 0.762. The Morgan fingerprint density at radius 2 is 1.78 bits per heavy atom. The van der Waals surface area contributed by atoms with Crippen molar-refractivity contribution in [3.05, 3.63) is 137 Å². The van der Waals surface area contributed by atoms with Gasteiger partial charge in [-0.1, -0.05) is 83.5 Å². The molecule has 2 unspecified atom stereocenters. The van der Waals surface area contributed by atoms with Crippen molar-refractivity contribution in [2.24, 2.45) is 11.3 Å². The van der Waals surface area contributed by atoms with Gasteiger partial charge in [0.2, 0.25) is 0 Å². The van der Waals surface area contributed by atoms with Gasteiger partial charge in [-0.05, 0) is 99.4 Å². The third-order valence-electron chi connectivity index (χ3n) is 12.3. The number of likely N-dealkylation sites (tertiary alicyclic amines) is 2. The molecule has 2 atom stereocenters. The Balaban J connectivity index is 0.000000235. The summed E-state index contributed by atoms with van der Waals surface area (Å²) in [4.78, 5) is 23.8. The van der Waals surface area contributed by atoms with E-state index in [4.69, 9.17) is 4.74 Å². The predicted octanol–water partition coefficient (Wildman–Crippen LogP) is 11.3. The molecule has 1 amide bonds. The SMILES string of the molecule is CC.CC/C=C(\C(=C/COC)N(I)C1CCN(C(=O)c2cccc(C)c2)CC1)N(C)/C=C\C(C)(C)C.CC1=C(F)CC(C(O)N2CCC3(CC2)Nc2cccnc2-n2cccc23)C=C1. The number of piperidine rings is 2. The number of anilines is 1. The van der Waals surface area contributed by atoms with E-state index in [2.05, 4.69) is 134 Å². The van der Waals surface area contributed by atoms with E-state index in [1.165, 1.54) is 11.4 Å². The number of amides is 1. The van der Waals surface area contributed by atoms with Gasteiger partial charge in [0.1, 0.15) is 12.1 Å². The van der Waals surface area contributed by atoms with Gasteiger partial charge in [-0.2, -0.15) is 0 Å². The van der Waals surface area contributed by atoms with E-state index >= 15 is 0 Å². The first kappa shape index (κ1) is 50.8. The molecule has 2 fully saturated rings. The summed E-state index contributed by atoms with van der Waals surface area (Å²) in [6.07, 6.45) is 20.6. The summed E-state index contributed by atoms with van der Waals surface area (Å²) >= 11 is 2.45. The number of aliphatic hydroxyl groups is 1. The number of carbonyl (C=O) groups excluding carboxylic acids is 1. The monoisotopic (exact) mass is 989 g/mol. The molecule has 64 heavy (non-hydrogen) atoms. The first-order valence-electron chi connectivity index (χ1n) is 23.1. The van der Waals surface area contributed by atoms with Gasteiger partial charge in [-0.15, -0.1) is 0 Å². The lowest BCUT2D eigenvalue weighted by molar-refractivity contribution is -0.0470. The molecule has 10 nitrogen and oxygen atoms in total. The molecule has 3 aliphatic heterocycles. The molecule has 12 heteroatoms. The van der Waals surface area contributed by atoms with Crippen LogP contribution in [0.2, 0.25) is 0 Å². The molecule has 5 heterocycles. The number of pyridine rings is 1. The lowest BCUT2D eigenvalue weighted by atomic mass is 9.82. The number of hydrogen-bond donors (Lipinski definition) is 2. The number of carbonyl (C=O) groups is 1. The Labute approximate surface area is 397 Å². The Bertz CT molecular complexity index is 2150. The van der Waals surface area contributed by atoms with E-state index in [0.29, 0.717) is 18.2 Å². The second-order valence-electron chi connectivity index (χ2n) is 18.1. The molecule has 2 N–H and O–H groups in total. The zero-order valence-electron chi connectivity index (χ0n) is 40.0. The van der Waals surface area contributed by atoms with Crippen LogP contribution in [-0.4, -0.2) is 97.6 Å². The number of hydrogen-bond acceptors (Lipinski definition) is 8. The van der Waals surface area contributed by atoms with Crippen LogP contribution in [0.3, 0.4) is 0 Å². The molecule has 0 bridgehead atoms. The van der Waals surface area contributed by atoms with Crippen LogP contribution in [0.15, 0.2) is 120 Å². The molecular weight excluding hydrogens is 917 g/mol. The van der Waals surface area contributed by atoms with Crippen molar-refractivity contribution in [2.75, 3.05) is 52.3 Å². The Hall–Kier alpha value is -4.24. The van der Waals surface area contributed by atoms with Gasteiger partial charge in [-0.25, -0.2) is 9.37 Å². The summed E-state index contributed by atoms with van der Waals surface area (Å²) in [6.45, 7) is 20.2. The number of rotatable bonds is 11. The fraction of sp³-hybridized carbons (Fsp3) is 0.500. The maximum absolute atomic E-state index is 14.0. The summed E-state index contributed by atoms with van der Waals surface area (Å²) in [6, 6.07) is 16.5. The lowest BCUT2D eigenvalue weighted by Gasteiger charge is -2.47. The lowest BCUT2D eigenvalue weighted by Crippen LogP contribution is -2.53. The molecule has 0 saturated carbocycles. The first-order chi connectivity index (χ1) is 30.6. The van der Waals surface area contributed by atoms with Crippen molar-refractivity contribution in [1.82, 2.24) is 27.4 Å². The second kappa shape index (κ2) is 23.3. The number of aliphatic hydroxyl groups excluding tert-OH is 1. The number of likely N-dealkylation sites (N-methyl/N-ethyl adjacent to an activating group) is 1. The number of halogens is 2. The van der Waals surface area contributed by atoms with E-state index in [-0.39, 0.29) is 35.0 Å². The molecule has 1 spiro atoms. The Morgan fingerprint density at radius 1 is 1.06 bits per heavy atom. The fourth-order valence-corrected chi connectivity index (χ4v) is 9.74. The fourth-order valence-electron chi connectivity index (χ4n) is 8.74. The van der Waals surface area contributed by atoms with Crippen molar-refractivity contribution >= 4 is 34.5 Å². The first-order valence-corrected chi connectivity index (χ1v) is 24.1. The van der Waals surface area contributed by atoms with Crippen LogP contribution in [0.25, 0.3) is 5.82 Å². The molecule has 348 valence electrons. The molecule has 1 aromatic carbocycles. The molecule has 0 radical (unpaired) electrons. The van der Waals surface area contributed by atoms with Crippen LogP contribution in [0.5, 0.6) is 0 Å². The van der Waals surface area contributed by atoms with Gasteiger partial charge in [0.05, 0.1) is 52.1 Å². The van der Waals surface area contributed by atoms with Crippen molar-refractivity contribution < 1.29 is 19.0 Å². The van der Waals surface area contributed by atoms with Gasteiger partial charge in [0.15, 0.2) is 5.82 Å². The van der Waals surface area contributed by atoms with Gasteiger partial charge in [-0.3, -0.25) is 9.69 Å². The molecule has 3 aromatic rings. The standard InChI is InChI=1S/C28H42IN3O2.C22H25FN4O.C2H6/c1-8-10-25(30(6)19-16-28(3,4)5)26(15-20-34-7)32(29)24-13-17-31(18-14-24)27(33)23-12-9-11-22(2)21-23;1-15-6-7-16(14-17(15)23)21(28)26-12-8-22(9-13-26)19-5-3-11-27(19)20-18(25-22)4-2-10-24-20;1-2/h9-12,15-16,19,21,24H,8,13-14,17-18,20H2,1-7H3;2-7,10-11,16,21,25,28H,8-9,12-14H2,1H3;1-2H3/b19-16-,25-10+,26-15+;;. The van der Waals surface area contributed by atoms with Crippen LogP contribution >= 0.6 is 22.9 Å². The topological polar surface area (TPSA) is 89.3 Å². The maximum atomic E-state index is 14.0. The van der Waals surface area contributed by atoms with Crippen LogP contribution in [0.4, 0.5) is 10.1 Å². The number of fused-ring (bicyclic) bond motifs is 4. The molecular formula is C52H73FIN7O3. The third kappa shape index (κ3) is 12.6. The van der Waals surface area contributed by atoms with Crippen molar-refractivity contribution in [3.63, 3.8) is 0 Å². The van der Waals surface area contributed by atoms with E-state index < -0.39 is 6.23 Å². The Kier molecular flexibility index (Phi) is 18.5. The normalized spacial score (nSPS) is 19.5. The summed E-state index contributed by atoms with van der Waals surface area (Å²) in [5.41, 5.74) is 7.11. The van der Waals surface area contributed by atoms with Crippen molar-refractivity contribution in [2.45, 2.75) is 112 Å². The zero-order valence-corrected chi connectivity index (χ0v) is 42.1. The average molecular weight is 990 g/mol. The number of nitrogens with zero attached hydrogens (tertiary/aromatic N) is 6. The number of allylic oxidation sites excluding steroid dienone is 5. The van der Waals surface area contributed by atoms with E-state index in [1.807, 2.05) is 68.3 Å². The van der Waals surface area contributed by atoms with Crippen LogP contribution in [0.1, 0.15) is 109 Å². The maximum Gasteiger partial charge on any atom is 0.253 e. The van der Waals surface area contributed by atoms with Crippen LogP contribution in [0, 0.1) is 18.3 Å². The van der Waals surface area contributed by atoms with E-state index in [1.54, 1.807) is 20.1 Å². The molecule has 2 aromatic heterocycles. The van der Waals surface area contributed by atoms with Gasteiger partial charge in [0.25, 0.3) is 5.91 Å². The number of benzene rings is 1. The van der Waals surface area contributed by atoms with Crippen LogP contribution < -0.4 is 5.32 Å². The highest BCUT2D eigenvalue weighted by molar-refractivity contribution is 14.1. The second-order valence-corrected chi connectivity index (χ2v) is 19.2. The molecule has 1 aliphatic carbocycles. The highest BCUT2D eigenvalue weighted by Crippen LogP contribution is 2.43. The van der Waals surface area contributed by atoms with Gasteiger partial charge in [0, 0.05) is 88.6 Å². The highest BCUT2D eigenvalue weighted by atomic mass is 127. The number of methoxy groups -OCH3 is 1. The Morgan fingerprint density at radius 3 is 2.42 bits per heavy atom. The number of aryl methyl sites for hydroxylation is 1. The summed E-state index contributed by atoms with van der Waals surface area (Å²) < 4.78 is 23.9. The molecule has 4 aliphatic rings. The largest absolute Gasteiger partial charge is 0.381 e. The smallest absolute Gasteiger partial charge is 0.253 e. The van der Waals surface area contributed by atoms with E-state index in [9.17, 15) is 14.3 Å². The summed E-state index contributed by atoms with van der Waals surface area (Å²) in [5, 5.41) is 14.6. The van der Waals surface area contributed by atoms with Gasteiger partial charge < -0.3 is 32.6 Å². The predicted molar refractivity (Wildman–Crippen MR) is 269 cm³/mol. The zero-order chi connectivity index (χ0) is 46.6. The van der Waals surface area contributed by atoms with Crippen LogP contribution in [-0.2, 0) is 10.3 Å². The quantitative estimate of drug-likeness (QED) is 0.112. The summed E-state index contributed by atoms with van der Waals surface area (Å²) in [7, 11) is 3.84. The van der Waals surface area contributed by atoms with Gasteiger partial charge >= 0.3 is 0 Å². The minimum absolute atomic E-state index is 0.114. The molecule has 7 rings (SSSR count). The number of ether oxygens (including phenoxy) is 1. The van der Waals surface area contributed by atoms with Crippen molar-refractivity contribution in [1.29, 1.82) is 0 Å². The molecule has 2 saturated heterocycles. The van der Waals surface area contributed by atoms with Crippen molar-refractivity contribution in [3.8, 4) is 5.82 Å². The highest BCUT2D eigenvalue weighted by Gasteiger charge is 2.43. The van der Waals surface area contributed by atoms with E-state index in [0.717, 1.165) is 86.6 Å².